The van der Waals surface area contributed by atoms with Crippen LogP contribution >= 0.6 is 0 Å². The van der Waals surface area contributed by atoms with Gasteiger partial charge in [0.05, 0.1) is 98.9 Å². The van der Waals surface area contributed by atoms with Crippen molar-refractivity contribution in [3.05, 3.63) is 211 Å². The number of aliphatic hydroxyl groups excluding tert-OH is 6. The predicted octanol–water partition coefficient (Wildman–Crippen LogP) is 12.9. The summed E-state index contributed by atoms with van der Waals surface area (Å²) in [5.41, 5.74) is 10.3. The van der Waals surface area contributed by atoms with Crippen LogP contribution in [0.5, 0.6) is 0 Å². The van der Waals surface area contributed by atoms with Crippen LogP contribution in [0, 0.1) is 51.7 Å². The third-order valence-electron chi connectivity index (χ3n) is 20.3. The van der Waals surface area contributed by atoms with Crippen LogP contribution in [0.1, 0.15) is 194 Å². The summed E-state index contributed by atoms with van der Waals surface area (Å²) in [6.07, 6.45) is 8.17. The summed E-state index contributed by atoms with van der Waals surface area (Å²) in [7, 11) is 9.17. The maximum Gasteiger partial charge on any atom is 0.338 e. The molecule has 0 fully saturated rings. The SMILES string of the molecule is C.CCC(=O)Cc1cccc(CCN(C)CCCC(C#N)(c2ccc(CO)c(CO)c2)C(C)C)c1.COC(=O)c1ccccc1CCN(C)CCCC(C#N)(c1ccc(CO)c(CO)c1)C(C)C.COCCOC(=O)c1cccc(CCN(C)CCCC(C#N)(c2ccc(CO)c(CO)c2)C(C)C)c1. The summed E-state index contributed by atoms with van der Waals surface area (Å²) in [6.45, 7) is 19.0. The fourth-order valence-corrected chi connectivity index (χ4v) is 13.3. The summed E-state index contributed by atoms with van der Waals surface area (Å²) in [4.78, 5) is 42.7. The van der Waals surface area contributed by atoms with E-state index in [1.54, 1.807) is 25.3 Å². The summed E-state index contributed by atoms with van der Waals surface area (Å²) in [5.74, 6) is -0.115. The van der Waals surface area contributed by atoms with Crippen LogP contribution in [0.3, 0.4) is 0 Å². The number of aliphatic hydroxyl groups is 6. The first-order chi connectivity index (χ1) is 49.4. The van der Waals surface area contributed by atoms with Gasteiger partial charge in [0.1, 0.15) is 12.4 Å². The van der Waals surface area contributed by atoms with Gasteiger partial charge in [-0.25, -0.2) is 9.59 Å². The predicted molar refractivity (Wildman–Crippen MR) is 411 cm³/mol. The number of hydrogen-bond acceptors (Lipinski definition) is 18. The number of ketones is 1. The van der Waals surface area contributed by atoms with Crippen LogP contribution < -0.4 is 0 Å². The van der Waals surface area contributed by atoms with Gasteiger partial charge in [0.2, 0.25) is 0 Å². The largest absolute Gasteiger partial charge is 0.465 e. The molecule has 6 aromatic carbocycles. The smallest absolute Gasteiger partial charge is 0.338 e. The Morgan fingerprint density at radius 2 is 0.827 bits per heavy atom. The number of methoxy groups -OCH3 is 2. The van der Waals surface area contributed by atoms with E-state index in [4.69, 9.17) is 14.2 Å². The standard InChI is InChI=1S/C29H40N2O5.C29H40N2O3.C27H36N2O4.CH4/c1-22(2)29(21-30,27-10-9-25(19-32)26(18-27)20-33)12-6-13-31(3)14-11-23-7-5-8-24(17-23)28(34)36-16-15-35-4;1-5-28(34)17-24-9-6-8-23(16-24)12-15-31(4)14-7-13-29(21-30,22(2)3)27-11-10-25(19-32)26(18-27)20-33;1-20(2)27(19-28,24-11-10-22(17-30)23(16-24)18-31)13-7-14-29(3)15-12-21-8-5-6-9-25(21)26(32)33-4;/h5,7-10,17-18,22,32-33H,6,11-16,19-20H2,1-4H3;6,8-11,16,18,22,32-33H,5,7,12-15,17,19-20H2,1-4H3;5-6,8-11,16,20,30-31H,7,12-15,17-18H2,1-4H3;1H4. The Bertz CT molecular complexity index is 3720. The maximum atomic E-state index is 12.2. The number of carbonyl (C=O) groups is 3. The van der Waals surface area contributed by atoms with Gasteiger partial charge in [-0.15, -0.1) is 0 Å². The quantitative estimate of drug-likeness (QED) is 0.0154. The van der Waals surface area contributed by atoms with E-state index in [2.05, 4.69) is 101 Å². The Morgan fingerprint density at radius 3 is 1.20 bits per heavy atom. The Kier molecular flexibility index (Phi) is 40.6. The van der Waals surface area contributed by atoms with Gasteiger partial charge in [-0.05, 0) is 207 Å². The molecule has 0 saturated carbocycles. The molecule has 0 aliphatic heterocycles. The molecule has 18 heteroatoms. The first kappa shape index (κ1) is 90.2. The van der Waals surface area contributed by atoms with E-state index in [-0.39, 0.29) is 89.2 Å². The average molecular weight is 1430 g/mol. The highest BCUT2D eigenvalue weighted by atomic mass is 16.6. The molecule has 0 aliphatic carbocycles. The number of nitriles is 3. The van der Waals surface area contributed by atoms with E-state index in [0.29, 0.717) is 76.8 Å². The minimum Gasteiger partial charge on any atom is -0.465 e. The number of Topliss-reactive ketones (excluding diaryl/α,β-unsaturated/α-hetero) is 1. The molecule has 18 nitrogen and oxygen atoms in total. The van der Waals surface area contributed by atoms with Crippen molar-refractivity contribution in [3.63, 3.8) is 0 Å². The third-order valence-corrected chi connectivity index (χ3v) is 20.3. The number of rotatable bonds is 41. The zero-order valence-corrected chi connectivity index (χ0v) is 63.4. The second-order valence-electron chi connectivity index (χ2n) is 27.9. The van der Waals surface area contributed by atoms with Gasteiger partial charge in [0, 0.05) is 39.6 Å². The third kappa shape index (κ3) is 26.2. The minimum atomic E-state index is -0.670. The van der Waals surface area contributed by atoms with E-state index < -0.39 is 16.2 Å². The average Bonchev–Trinajstić information content (AvgIpc) is 0.798. The lowest BCUT2D eigenvalue weighted by atomic mass is 9.69. The molecule has 0 aromatic heterocycles. The molecule has 104 heavy (non-hydrogen) atoms. The first-order valence-electron chi connectivity index (χ1n) is 36.2. The van der Waals surface area contributed by atoms with E-state index in [1.807, 2.05) is 111 Å². The van der Waals surface area contributed by atoms with Crippen LogP contribution in [0.25, 0.3) is 0 Å². The van der Waals surface area contributed by atoms with Crippen LogP contribution in [-0.4, -0.2) is 151 Å². The normalized spacial score (nSPS) is 12.9. The lowest BCUT2D eigenvalue weighted by Gasteiger charge is -2.33. The van der Waals surface area contributed by atoms with Crippen molar-refractivity contribution >= 4 is 17.7 Å². The molecule has 0 saturated heterocycles. The fourth-order valence-electron chi connectivity index (χ4n) is 13.3. The van der Waals surface area contributed by atoms with Gasteiger partial charge >= 0.3 is 11.9 Å². The van der Waals surface area contributed by atoms with Crippen LogP contribution in [0.4, 0.5) is 0 Å². The number of esters is 2. The Balaban J connectivity index is 0.000000404. The summed E-state index contributed by atoms with van der Waals surface area (Å²) in [5, 5.41) is 88.3. The zero-order chi connectivity index (χ0) is 76.1. The second kappa shape index (κ2) is 46.7. The van der Waals surface area contributed by atoms with Crippen molar-refractivity contribution in [1.82, 2.24) is 14.7 Å². The van der Waals surface area contributed by atoms with Gasteiger partial charge in [-0.1, -0.05) is 165 Å². The van der Waals surface area contributed by atoms with Crippen molar-refractivity contribution in [2.75, 3.05) is 87.8 Å². The molecule has 6 aromatic rings. The van der Waals surface area contributed by atoms with Gasteiger partial charge in [-0.2, -0.15) is 15.8 Å². The molecule has 0 aliphatic rings. The molecule has 6 N–H and O–H groups in total. The highest BCUT2D eigenvalue weighted by Gasteiger charge is 2.39. The highest BCUT2D eigenvalue weighted by molar-refractivity contribution is 5.91. The van der Waals surface area contributed by atoms with E-state index in [1.165, 1.54) is 12.7 Å². The molecule has 0 bridgehead atoms. The Morgan fingerprint density at radius 1 is 0.442 bits per heavy atom. The van der Waals surface area contributed by atoms with Crippen LogP contribution in [-0.2, 0) is 101 Å². The van der Waals surface area contributed by atoms with Crippen LogP contribution in [0.15, 0.2) is 127 Å². The molecule has 566 valence electrons. The van der Waals surface area contributed by atoms with Crippen molar-refractivity contribution in [3.8, 4) is 18.2 Å². The molecule has 3 unspecified atom stereocenters. The molecule has 6 rings (SSSR count). The lowest BCUT2D eigenvalue weighted by molar-refractivity contribution is -0.118. The fraction of sp³-hybridized carbons (Fsp3) is 0.512. The molecular formula is C86H120N6O12. The van der Waals surface area contributed by atoms with Crippen LogP contribution in [0.2, 0.25) is 0 Å². The zero-order valence-electron chi connectivity index (χ0n) is 63.4. The van der Waals surface area contributed by atoms with Gasteiger partial charge in [0.25, 0.3) is 0 Å². The lowest BCUT2D eigenvalue weighted by Crippen LogP contribution is -2.33. The van der Waals surface area contributed by atoms with Crippen molar-refractivity contribution in [2.24, 2.45) is 17.8 Å². The summed E-state index contributed by atoms with van der Waals surface area (Å²) < 4.78 is 15.0. The number of nitrogens with zero attached hydrogens (tertiary/aromatic N) is 6. The maximum absolute atomic E-state index is 12.2. The molecule has 0 radical (unpaired) electrons. The number of benzene rings is 6. The minimum absolute atomic E-state index is 0. The number of likely N-dealkylation sites (N-methyl/N-ethyl adjacent to an activating group) is 3. The van der Waals surface area contributed by atoms with Crippen molar-refractivity contribution in [2.45, 2.75) is 182 Å². The number of ether oxygens (including phenoxy) is 3. The van der Waals surface area contributed by atoms with Gasteiger partial charge in [-0.3, -0.25) is 4.79 Å². The van der Waals surface area contributed by atoms with E-state index in [9.17, 15) is 60.8 Å². The Labute approximate surface area is 621 Å². The molecule has 0 spiro atoms. The molecule has 3 atom stereocenters. The summed E-state index contributed by atoms with van der Waals surface area (Å²) >= 11 is 0. The molecule has 0 amide bonds. The van der Waals surface area contributed by atoms with Crippen molar-refractivity contribution < 1.29 is 59.2 Å². The highest BCUT2D eigenvalue weighted by Crippen LogP contribution is 2.41. The number of carbonyl (C=O) groups excluding carboxylic acids is 3. The van der Waals surface area contributed by atoms with Gasteiger partial charge < -0.3 is 59.5 Å². The molecule has 0 heterocycles. The first-order valence-corrected chi connectivity index (χ1v) is 36.2. The van der Waals surface area contributed by atoms with Gasteiger partial charge in [0.15, 0.2) is 0 Å². The van der Waals surface area contributed by atoms with Crippen molar-refractivity contribution in [1.29, 1.82) is 15.8 Å². The number of hydrogen-bond donors (Lipinski definition) is 6. The second-order valence-corrected chi connectivity index (χ2v) is 27.9. The topological polar surface area (TPSA) is 281 Å². The summed E-state index contributed by atoms with van der Waals surface area (Å²) in [6, 6.07) is 47.8. The van der Waals surface area contributed by atoms with E-state index in [0.717, 1.165) is 118 Å². The molecular weight excluding hydrogens is 1310 g/mol. The van der Waals surface area contributed by atoms with E-state index >= 15 is 0 Å². The Hall–Kier alpha value is -8.00. The monoisotopic (exact) mass is 1430 g/mol.